The van der Waals surface area contributed by atoms with Crippen LogP contribution in [0, 0.1) is 5.92 Å². The number of nitrogens with zero attached hydrogens (tertiary/aromatic N) is 2. The SMILES string of the molecule is CCCC1CCC(O)C(N(C)CCCN(C)C)C1. The molecule has 0 aromatic rings. The molecule has 1 aliphatic rings. The van der Waals surface area contributed by atoms with Crippen molar-refractivity contribution in [1.29, 1.82) is 0 Å². The second-order valence-corrected chi connectivity index (χ2v) is 6.24. The third kappa shape index (κ3) is 5.25. The highest BCUT2D eigenvalue weighted by Gasteiger charge is 2.31. The molecule has 3 nitrogen and oxygen atoms in total. The van der Waals surface area contributed by atoms with E-state index in [2.05, 4.69) is 37.9 Å². The molecular weight excluding hydrogens is 224 g/mol. The summed E-state index contributed by atoms with van der Waals surface area (Å²) in [6.45, 7) is 4.49. The Morgan fingerprint density at radius 2 is 1.83 bits per heavy atom. The van der Waals surface area contributed by atoms with Gasteiger partial charge in [0.05, 0.1) is 6.10 Å². The van der Waals surface area contributed by atoms with Gasteiger partial charge in [0.2, 0.25) is 0 Å². The van der Waals surface area contributed by atoms with Gasteiger partial charge in [-0.05, 0) is 65.8 Å². The van der Waals surface area contributed by atoms with Crippen LogP contribution in [0.25, 0.3) is 0 Å². The molecule has 1 saturated carbocycles. The van der Waals surface area contributed by atoms with Gasteiger partial charge in [-0.25, -0.2) is 0 Å². The molecular formula is C15H32N2O. The van der Waals surface area contributed by atoms with Crippen molar-refractivity contribution < 1.29 is 5.11 Å². The van der Waals surface area contributed by atoms with E-state index in [9.17, 15) is 5.11 Å². The van der Waals surface area contributed by atoms with Crippen LogP contribution >= 0.6 is 0 Å². The van der Waals surface area contributed by atoms with Crippen LogP contribution in [0.4, 0.5) is 0 Å². The maximum absolute atomic E-state index is 10.2. The van der Waals surface area contributed by atoms with E-state index in [1.807, 2.05) is 0 Å². The first-order chi connectivity index (χ1) is 8.54. The number of likely N-dealkylation sites (N-methyl/N-ethyl adjacent to an activating group) is 1. The molecule has 1 aliphatic carbocycles. The van der Waals surface area contributed by atoms with Gasteiger partial charge in [-0.1, -0.05) is 19.8 Å². The van der Waals surface area contributed by atoms with Crippen LogP contribution in [0.3, 0.4) is 0 Å². The minimum Gasteiger partial charge on any atom is -0.391 e. The molecule has 1 fully saturated rings. The summed E-state index contributed by atoms with van der Waals surface area (Å²) >= 11 is 0. The zero-order valence-corrected chi connectivity index (χ0v) is 12.7. The third-order valence-corrected chi connectivity index (χ3v) is 4.27. The van der Waals surface area contributed by atoms with E-state index in [1.165, 1.54) is 32.1 Å². The topological polar surface area (TPSA) is 26.7 Å². The van der Waals surface area contributed by atoms with Gasteiger partial charge in [-0.2, -0.15) is 0 Å². The minimum atomic E-state index is -0.109. The Morgan fingerprint density at radius 1 is 1.11 bits per heavy atom. The van der Waals surface area contributed by atoms with E-state index in [0.29, 0.717) is 6.04 Å². The van der Waals surface area contributed by atoms with Crippen LogP contribution in [-0.2, 0) is 0 Å². The van der Waals surface area contributed by atoms with Gasteiger partial charge in [0.25, 0.3) is 0 Å². The fraction of sp³-hybridized carbons (Fsp3) is 1.00. The lowest BCUT2D eigenvalue weighted by molar-refractivity contribution is 0.0119. The van der Waals surface area contributed by atoms with Crippen molar-refractivity contribution >= 4 is 0 Å². The first-order valence-electron chi connectivity index (χ1n) is 7.57. The molecule has 0 aromatic heterocycles. The summed E-state index contributed by atoms with van der Waals surface area (Å²) in [5, 5.41) is 10.2. The summed E-state index contributed by atoms with van der Waals surface area (Å²) < 4.78 is 0. The molecule has 0 amide bonds. The van der Waals surface area contributed by atoms with E-state index < -0.39 is 0 Å². The molecule has 0 saturated heterocycles. The Hall–Kier alpha value is -0.120. The zero-order chi connectivity index (χ0) is 13.5. The molecule has 1 rings (SSSR count). The molecule has 0 aromatic carbocycles. The second-order valence-electron chi connectivity index (χ2n) is 6.24. The maximum atomic E-state index is 10.2. The summed E-state index contributed by atoms with van der Waals surface area (Å²) in [5.41, 5.74) is 0. The summed E-state index contributed by atoms with van der Waals surface area (Å²) in [5.74, 6) is 0.833. The lowest BCUT2D eigenvalue weighted by atomic mass is 9.81. The van der Waals surface area contributed by atoms with E-state index in [1.54, 1.807) is 0 Å². The molecule has 3 atom stereocenters. The Morgan fingerprint density at radius 3 is 2.44 bits per heavy atom. The highest BCUT2D eigenvalue weighted by atomic mass is 16.3. The molecule has 0 bridgehead atoms. The third-order valence-electron chi connectivity index (χ3n) is 4.27. The highest BCUT2D eigenvalue weighted by molar-refractivity contribution is 4.85. The van der Waals surface area contributed by atoms with Crippen LogP contribution < -0.4 is 0 Å². The fourth-order valence-corrected chi connectivity index (χ4v) is 3.16. The first kappa shape index (κ1) is 15.9. The van der Waals surface area contributed by atoms with Gasteiger partial charge in [0.15, 0.2) is 0 Å². The first-order valence-corrected chi connectivity index (χ1v) is 7.57. The molecule has 0 spiro atoms. The van der Waals surface area contributed by atoms with Crippen molar-refractivity contribution in [2.75, 3.05) is 34.2 Å². The molecule has 1 N–H and O–H groups in total. The Bertz CT molecular complexity index is 221. The monoisotopic (exact) mass is 256 g/mol. The Kier molecular flexibility index (Phi) is 7.20. The van der Waals surface area contributed by atoms with Gasteiger partial charge in [-0.15, -0.1) is 0 Å². The lowest BCUT2D eigenvalue weighted by Gasteiger charge is -2.39. The molecule has 0 heterocycles. The van der Waals surface area contributed by atoms with E-state index in [4.69, 9.17) is 0 Å². The van der Waals surface area contributed by atoms with E-state index in [-0.39, 0.29) is 6.10 Å². The lowest BCUT2D eigenvalue weighted by Crippen LogP contribution is -2.46. The largest absolute Gasteiger partial charge is 0.391 e. The highest BCUT2D eigenvalue weighted by Crippen LogP contribution is 2.30. The van der Waals surface area contributed by atoms with Gasteiger partial charge >= 0.3 is 0 Å². The van der Waals surface area contributed by atoms with E-state index >= 15 is 0 Å². The predicted octanol–water partition coefficient (Wildman–Crippen LogP) is 2.20. The zero-order valence-electron chi connectivity index (χ0n) is 12.7. The minimum absolute atomic E-state index is 0.109. The molecule has 0 aliphatic heterocycles. The van der Waals surface area contributed by atoms with Gasteiger partial charge in [0.1, 0.15) is 0 Å². The predicted molar refractivity (Wildman–Crippen MR) is 77.8 cm³/mol. The second kappa shape index (κ2) is 8.13. The quantitative estimate of drug-likeness (QED) is 0.756. The maximum Gasteiger partial charge on any atom is 0.0695 e. The number of hydrogen-bond acceptors (Lipinski definition) is 3. The van der Waals surface area contributed by atoms with Crippen molar-refractivity contribution in [2.24, 2.45) is 5.92 Å². The van der Waals surface area contributed by atoms with Crippen LogP contribution in [0.1, 0.15) is 45.4 Å². The number of aliphatic hydroxyl groups is 1. The summed E-state index contributed by atoms with van der Waals surface area (Å²) in [6, 6.07) is 0.387. The Balaban J connectivity index is 2.36. The van der Waals surface area contributed by atoms with Crippen LogP contribution in [0.5, 0.6) is 0 Å². The van der Waals surface area contributed by atoms with Gasteiger partial charge in [0, 0.05) is 6.04 Å². The standard InChI is InChI=1S/C15H32N2O/c1-5-7-13-8-9-15(18)14(12-13)17(4)11-6-10-16(2)3/h13-15,18H,5-12H2,1-4H3. The normalized spacial score (nSPS) is 29.2. The molecule has 3 unspecified atom stereocenters. The van der Waals surface area contributed by atoms with Crippen molar-refractivity contribution in [3.63, 3.8) is 0 Å². The number of hydrogen-bond donors (Lipinski definition) is 1. The van der Waals surface area contributed by atoms with Gasteiger partial charge in [-0.3, -0.25) is 0 Å². The summed E-state index contributed by atoms with van der Waals surface area (Å²) in [7, 11) is 6.41. The average Bonchev–Trinajstić information content (AvgIpc) is 2.31. The van der Waals surface area contributed by atoms with E-state index in [0.717, 1.165) is 25.4 Å². The smallest absolute Gasteiger partial charge is 0.0695 e. The molecule has 108 valence electrons. The molecule has 18 heavy (non-hydrogen) atoms. The van der Waals surface area contributed by atoms with Crippen molar-refractivity contribution in [2.45, 2.75) is 57.6 Å². The van der Waals surface area contributed by atoms with Crippen LogP contribution in [0.15, 0.2) is 0 Å². The Labute approximate surface area is 113 Å². The average molecular weight is 256 g/mol. The number of aliphatic hydroxyl groups excluding tert-OH is 1. The van der Waals surface area contributed by atoms with Crippen LogP contribution in [-0.4, -0.2) is 61.3 Å². The van der Waals surface area contributed by atoms with Crippen molar-refractivity contribution in [1.82, 2.24) is 9.80 Å². The van der Waals surface area contributed by atoms with Crippen LogP contribution in [0.2, 0.25) is 0 Å². The van der Waals surface area contributed by atoms with Crippen molar-refractivity contribution in [3.8, 4) is 0 Å². The summed E-state index contributed by atoms with van der Waals surface area (Å²) in [6.07, 6.45) is 7.08. The van der Waals surface area contributed by atoms with Gasteiger partial charge < -0.3 is 14.9 Å². The summed E-state index contributed by atoms with van der Waals surface area (Å²) in [4.78, 5) is 4.61. The fourth-order valence-electron chi connectivity index (χ4n) is 3.16. The molecule has 3 heteroatoms. The molecule has 0 radical (unpaired) electrons. The van der Waals surface area contributed by atoms with Crippen molar-refractivity contribution in [3.05, 3.63) is 0 Å². The number of rotatable bonds is 7.